The number of aromatic nitrogens is 3. The summed E-state index contributed by atoms with van der Waals surface area (Å²) < 4.78 is 0. The maximum atomic E-state index is 12.5. The summed E-state index contributed by atoms with van der Waals surface area (Å²) in [6.45, 7) is 6.02. The minimum atomic E-state index is -0.138. The standard InChI is InChI=1S/C18H22N4O/c1-11(2)17-19-9-14(10-20-17)18(23)22-16(13-7-8-13)15-6-4-5-12(3)21-15/h4-6,9-11,13,16H,7-8H2,1-3H3,(H,22,23)/t16-/m1/s1. The Morgan fingerprint density at radius 3 is 2.48 bits per heavy atom. The van der Waals surface area contributed by atoms with Crippen molar-refractivity contribution in [1.82, 2.24) is 20.3 Å². The lowest BCUT2D eigenvalue weighted by Gasteiger charge is -2.18. The molecule has 120 valence electrons. The van der Waals surface area contributed by atoms with E-state index < -0.39 is 0 Å². The zero-order chi connectivity index (χ0) is 16.4. The van der Waals surface area contributed by atoms with Gasteiger partial charge >= 0.3 is 0 Å². The van der Waals surface area contributed by atoms with E-state index in [1.54, 1.807) is 12.4 Å². The molecule has 0 bridgehead atoms. The maximum absolute atomic E-state index is 12.5. The molecule has 1 aliphatic rings. The number of hydrogen-bond donors (Lipinski definition) is 1. The van der Waals surface area contributed by atoms with E-state index in [0.717, 1.165) is 30.1 Å². The second-order valence-electron chi connectivity index (χ2n) is 6.48. The second-order valence-corrected chi connectivity index (χ2v) is 6.48. The molecule has 1 amide bonds. The summed E-state index contributed by atoms with van der Waals surface area (Å²) in [6.07, 6.45) is 5.46. The molecule has 1 atom stereocenters. The average molecular weight is 310 g/mol. The molecule has 2 aromatic rings. The van der Waals surface area contributed by atoms with Gasteiger partial charge in [0.05, 0.1) is 17.3 Å². The number of pyridine rings is 1. The van der Waals surface area contributed by atoms with Crippen molar-refractivity contribution in [3.8, 4) is 0 Å². The number of aryl methyl sites for hydroxylation is 1. The lowest BCUT2D eigenvalue weighted by molar-refractivity contribution is 0.0929. The number of hydrogen-bond acceptors (Lipinski definition) is 4. The summed E-state index contributed by atoms with van der Waals surface area (Å²) in [5.41, 5.74) is 2.39. The van der Waals surface area contributed by atoms with Gasteiger partial charge in [0.25, 0.3) is 5.91 Å². The fraction of sp³-hybridized carbons (Fsp3) is 0.444. The third kappa shape index (κ3) is 3.73. The highest BCUT2D eigenvalue weighted by atomic mass is 16.1. The number of nitrogens with one attached hydrogen (secondary N) is 1. The lowest BCUT2D eigenvalue weighted by Crippen LogP contribution is -2.30. The zero-order valence-electron chi connectivity index (χ0n) is 13.8. The van der Waals surface area contributed by atoms with Crippen LogP contribution in [0.3, 0.4) is 0 Å². The van der Waals surface area contributed by atoms with Gasteiger partial charge in [0.15, 0.2) is 0 Å². The Morgan fingerprint density at radius 1 is 1.22 bits per heavy atom. The molecule has 0 aromatic carbocycles. The van der Waals surface area contributed by atoms with Crippen molar-refractivity contribution in [1.29, 1.82) is 0 Å². The minimum Gasteiger partial charge on any atom is -0.343 e. The van der Waals surface area contributed by atoms with Crippen LogP contribution in [0, 0.1) is 12.8 Å². The number of carbonyl (C=O) groups excluding carboxylic acids is 1. The summed E-state index contributed by atoms with van der Waals surface area (Å²) in [7, 11) is 0. The van der Waals surface area contributed by atoms with Gasteiger partial charge in [-0.15, -0.1) is 0 Å². The van der Waals surface area contributed by atoms with Gasteiger partial charge in [-0.1, -0.05) is 19.9 Å². The summed E-state index contributed by atoms with van der Waals surface area (Å²) in [5, 5.41) is 3.11. The van der Waals surface area contributed by atoms with Crippen molar-refractivity contribution in [3.05, 3.63) is 53.4 Å². The molecule has 0 aliphatic heterocycles. The van der Waals surface area contributed by atoms with Crippen LogP contribution in [0.5, 0.6) is 0 Å². The van der Waals surface area contributed by atoms with Crippen LogP contribution >= 0.6 is 0 Å². The molecule has 3 rings (SSSR count). The summed E-state index contributed by atoms with van der Waals surface area (Å²) >= 11 is 0. The zero-order valence-corrected chi connectivity index (χ0v) is 13.8. The molecule has 0 spiro atoms. The molecule has 1 fully saturated rings. The first kappa shape index (κ1) is 15.6. The van der Waals surface area contributed by atoms with Gasteiger partial charge < -0.3 is 5.32 Å². The minimum absolute atomic E-state index is 0.0350. The van der Waals surface area contributed by atoms with Gasteiger partial charge in [0.1, 0.15) is 5.82 Å². The van der Waals surface area contributed by atoms with Crippen molar-refractivity contribution in [2.75, 3.05) is 0 Å². The largest absolute Gasteiger partial charge is 0.343 e. The fourth-order valence-electron chi connectivity index (χ4n) is 2.58. The predicted octanol–water partition coefficient (Wildman–Crippen LogP) is 3.18. The van der Waals surface area contributed by atoms with Gasteiger partial charge in [-0.05, 0) is 37.8 Å². The van der Waals surface area contributed by atoms with Crippen LogP contribution in [-0.2, 0) is 0 Å². The van der Waals surface area contributed by atoms with E-state index in [1.165, 1.54) is 0 Å². The molecule has 2 aromatic heterocycles. The highest BCUT2D eigenvalue weighted by Gasteiger charge is 2.34. The Hall–Kier alpha value is -2.30. The third-order valence-corrected chi connectivity index (χ3v) is 4.06. The summed E-state index contributed by atoms with van der Waals surface area (Å²) in [5.74, 6) is 1.34. The number of rotatable bonds is 5. The third-order valence-electron chi connectivity index (χ3n) is 4.06. The maximum Gasteiger partial charge on any atom is 0.254 e. The number of nitrogens with zero attached hydrogens (tertiary/aromatic N) is 3. The Balaban J connectivity index is 1.76. The monoisotopic (exact) mass is 310 g/mol. The van der Waals surface area contributed by atoms with Crippen LogP contribution in [0.1, 0.15) is 66.2 Å². The second kappa shape index (κ2) is 6.44. The van der Waals surface area contributed by atoms with Gasteiger partial charge in [-0.2, -0.15) is 0 Å². The molecule has 5 nitrogen and oxygen atoms in total. The van der Waals surface area contributed by atoms with Gasteiger partial charge in [-0.3, -0.25) is 9.78 Å². The van der Waals surface area contributed by atoms with Crippen LogP contribution in [0.2, 0.25) is 0 Å². The topological polar surface area (TPSA) is 67.8 Å². The van der Waals surface area contributed by atoms with Crippen molar-refractivity contribution in [3.63, 3.8) is 0 Å². The SMILES string of the molecule is Cc1cccc([C@H](NC(=O)c2cnc(C(C)C)nc2)C2CC2)n1. The predicted molar refractivity (Wildman–Crippen MR) is 88.0 cm³/mol. The molecule has 23 heavy (non-hydrogen) atoms. The molecule has 1 aliphatic carbocycles. The fourth-order valence-corrected chi connectivity index (χ4v) is 2.58. The van der Waals surface area contributed by atoms with E-state index in [9.17, 15) is 4.79 Å². The molecule has 0 radical (unpaired) electrons. The van der Waals surface area contributed by atoms with Crippen LogP contribution in [-0.4, -0.2) is 20.9 Å². The molecule has 0 saturated heterocycles. The smallest absolute Gasteiger partial charge is 0.254 e. The van der Waals surface area contributed by atoms with Gasteiger partial charge in [0, 0.05) is 24.0 Å². The molecule has 0 unspecified atom stereocenters. The number of amides is 1. The Bertz CT molecular complexity index is 692. The Labute approximate surface area is 136 Å². The van der Waals surface area contributed by atoms with Crippen molar-refractivity contribution in [2.24, 2.45) is 5.92 Å². The summed E-state index contributed by atoms with van der Waals surface area (Å²) in [6, 6.07) is 5.90. The van der Waals surface area contributed by atoms with Crippen LogP contribution < -0.4 is 5.32 Å². The van der Waals surface area contributed by atoms with E-state index in [1.807, 2.05) is 39.0 Å². The molecule has 5 heteroatoms. The van der Waals surface area contributed by atoms with Crippen LogP contribution in [0.4, 0.5) is 0 Å². The van der Waals surface area contributed by atoms with E-state index in [4.69, 9.17) is 0 Å². The van der Waals surface area contributed by atoms with E-state index in [2.05, 4.69) is 20.3 Å². The Kier molecular flexibility index (Phi) is 4.37. The van der Waals surface area contributed by atoms with Crippen LogP contribution in [0.15, 0.2) is 30.6 Å². The highest BCUT2D eigenvalue weighted by molar-refractivity contribution is 5.93. The molecule has 1 saturated carbocycles. The van der Waals surface area contributed by atoms with Crippen molar-refractivity contribution in [2.45, 2.75) is 45.6 Å². The van der Waals surface area contributed by atoms with Crippen molar-refractivity contribution < 1.29 is 4.79 Å². The normalized spacial score (nSPS) is 15.5. The van der Waals surface area contributed by atoms with E-state index in [0.29, 0.717) is 11.5 Å². The average Bonchev–Trinajstić information content (AvgIpc) is 3.37. The molecule has 1 N–H and O–H groups in total. The first-order chi connectivity index (χ1) is 11.0. The van der Waals surface area contributed by atoms with Gasteiger partial charge in [-0.25, -0.2) is 9.97 Å². The number of carbonyl (C=O) groups is 1. The highest BCUT2D eigenvalue weighted by Crippen LogP contribution is 2.40. The molecular formula is C18H22N4O. The van der Waals surface area contributed by atoms with E-state index in [-0.39, 0.29) is 17.9 Å². The van der Waals surface area contributed by atoms with E-state index >= 15 is 0 Å². The first-order valence-corrected chi connectivity index (χ1v) is 8.11. The van der Waals surface area contributed by atoms with Gasteiger partial charge in [0.2, 0.25) is 0 Å². The van der Waals surface area contributed by atoms with Crippen molar-refractivity contribution >= 4 is 5.91 Å². The van der Waals surface area contributed by atoms with Crippen LogP contribution in [0.25, 0.3) is 0 Å². The molecule has 2 heterocycles. The lowest BCUT2D eigenvalue weighted by atomic mass is 10.1. The molecular weight excluding hydrogens is 288 g/mol. The Morgan fingerprint density at radius 2 is 1.91 bits per heavy atom. The first-order valence-electron chi connectivity index (χ1n) is 8.11. The summed E-state index contributed by atoms with van der Waals surface area (Å²) in [4.78, 5) is 25.6. The quantitative estimate of drug-likeness (QED) is 0.921.